The number of rotatable bonds is 14. The second kappa shape index (κ2) is 14.7. The van der Waals surface area contributed by atoms with E-state index in [2.05, 4.69) is 10.0 Å². The second-order valence-electron chi connectivity index (χ2n) is 10.0. The average Bonchev–Trinajstić information content (AvgIpc) is 3.01. The molecule has 0 heterocycles. The van der Waals surface area contributed by atoms with Crippen molar-refractivity contribution in [3.8, 4) is 22.6 Å². The molecule has 0 aromatic heterocycles. The Morgan fingerprint density at radius 1 is 0.884 bits per heavy atom. The van der Waals surface area contributed by atoms with Crippen LogP contribution in [0.5, 0.6) is 11.5 Å². The van der Waals surface area contributed by atoms with Crippen LogP contribution in [-0.2, 0) is 21.4 Å². The Morgan fingerprint density at radius 3 is 2.16 bits per heavy atom. The van der Waals surface area contributed by atoms with Gasteiger partial charge in [-0.15, -0.1) is 0 Å². The molecule has 0 radical (unpaired) electrons. The Bertz CT molecular complexity index is 1590. The molecule has 3 N–H and O–H groups in total. The van der Waals surface area contributed by atoms with Crippen molar-refractivity contribution in [2.45, 2.75) is 25.7 Å². The van der Waals surface area contributed by atoms with Gasteiger partial charge in [0.15, 0.2) is 0 Å². The van der Waals surface area contributed by atoms with Crippen LogP contribution in [0.3, 0.4) is 0 Å². The molecule has 0 spiro atoms. The van der Waals surface area contributed by atoms with Crippen LogP contribution in [-0.4, -0.2) is 52.1 Å². The average molecular weight is 605 g/mol. The van der Waals surface area contributed by atoms with Crippen LogP contribution < -0.4 is 19.5 Å². The summed E-state index contributed by atoms with van der Waals surface area (Å²) in [5.74, 6) is 0.692. The zero-order chi connectivity index (χ0) is 30.8. The van der Waals surface area contributed by atoms with Gasteiger partial charge in [0, 0.05) is 12.6 Å². The summed E-state index contributed by atoms with van der Waals surface area (Å²) in [5, 5.41) is 14.2. The Labute approximate surface area is 252 Å². The third-order valence-corrected chi connectivity index (χ3v) is 7.27. The van der Waals surface area contributed by atoms with Crippen molar-refractivity contribution in [1.29, 1.82) is 0 Å². The molecule has 0 aliphatic carbocycles. The predicted octanol–water partition coefficient (Wildman–Crippen LogP) is 5.18. The fourth-order valence-electron chi connectivity index (χ4n) is 4.39. The molecule has 0 unspecified atom stereocenters. The first-order valence-corrected chi connectivity index (χ1v) is 15.6. The van der Waals surface area contributed by atoms with Crippen molar-refractivity contribution in [3.05, 3.63) is 114 Å². The van der Waals surface area contributed by atoms with E-state index in [9.17, 15) is 18.3 Å². The molecule has 226 valence electrons. The van der Waals surface area contributed by atoms with E-state index in [1.807, 2.05) is 73.7 Å². The number of hydrogen-bond acceptors (Lipinski definition) is 8. The van der Waals surface area contributed by atoms with Crippen LogP contribution in [0.25, 0.3) is 11.1 Å². The van der Waals surface area contributed by atoms with Crippen molar-refractivity contribution in [2.24, 2.45) is 0 Å². The third kappa shape index (κ3) is 9.31. The highest BCUT2D eigenvalue weighted by Gasteiger charge is 2.19. The number of benzene rings is 4. The van der Waals surface area contributed by atoms with Crippen LogP contribution >= 0.6 is 0 Å². The van der Waals surface area contributed by atoms with Gasteiger partial charge in [-0.2, -0.15) is 0 Å². The summed E-state index contributed by atoms with van der Waals surface area (Å²) in [4.78, 5) is 11.6. The largest absolute Gasteiger partial charge is 0.492 e. The highest BCUT2D eigenvalue weighted by molar-refractivity contribution is 7.92. The molecule has 4 aromatic rings. The maximum atomic E-state index is 12.0. The van der Waals surface area contributed by atoms with Crippen LogP contribution in [0.1, 0.15) is 34.5 Å². The first-order valence-electron chi connectivity index (χ1n) is 13.7. The lowest BCUT2D eigenvalue weighted by atomic mass is 10.0. The minimum absolute atomic E-state index is 0.258. The highest BCUT2D eigenvalue weighted by atomic mass is 32.2. The number of hydrogen-bond donors (Lipinski definition) is 3. The van der Waals surface area contributed by atoms with Crippen molar-refractivity contribution in [1.82, 2.24) is 5.32 Å². The summed E-state index contributed by atoms with van der Waals surface area (Å²) in [5.41, 5.74) is 4.19. The molecule has 0 bridgehead atoms. The lowest BCUT2D eigenvalue weighted by Gasteiger charge is -2.22. The Balaban J connectivity index is 1.30. The smallest absolute Gasteiger partial charge is 0.337 e. The number of aliphatic hydroxyl groups is 1. The van der Waals surface area contributed by atoms with Gasteiger partial charge in [0.25, 0.3) is 0 Å². The van der Waals surface area contributed by atoms with E-state index >= 15 is 0 Å². The zero-order valence-electron chi connectivity index (χ0n) is 24.3. The lowest BCUT2D eigenvalue weighted by Crippen LogP contribution is -2.35. The van der Waals surface area contributed by atoms with Crippen LogP contribution in [0.2, 0.25) is 0 Å². The number of aliphatic hydroxyl groups excluding tert-OH is 1. The molecule has 0 aliphatic heterocycles. The Kier molecular flexibility index (Phi) is 10.8. The second-order valence-corrected chi connectivity index (χ2v) is 11.8. The molecule has 4 aromatic carbocycles. The van der Waals surface area contributed by atoms with E-state index < -0.39 is 16.1 Å². The van der Waals surface area contributed by atoms with E-state index in [4.69, 9.17) is 14.2 Å². The molecule has 9 nitrogen and oxygen atoms in total. The predicted molar refractivity (Wildman–Crippen MR) is 167 cm³/mol. The van der Waals surface area contributed by atoms with Gasteiger partial charge in [0.2, 0.25) is 10.0 Å². The standard InChI is InChI=1S/C33H36N2O7S/c1-23(34-19-20-41-29-16-13-26(14-17-29)25-9-11-27(12-10-25)33(37)40-2)32(36)28-15-18-31(30(21-28)35-43(3,38)39)42-22-24-7-5-4-6-8-24/h4-18,21,23,32,34-36H,19-20,22H2,1-3H3/t23-,32-/m0/s1. The quantitative estimate of drug-likeness (QED) is 0.133. The Hall–Kier alpha value is -4.38. The first-order chi connectivity index (χ1) is 20.6. The summed E-state index contributed by atoms with van der Waals surface area (Å²) in [6.07, 6.45) is 0.159. The van der Waals surface area contributed by atoms with Gasteiger partial charge < -0.3 is 24.6 Å². The van der Waals surface area contributed by atoms with Crippen molar-refractivity contribution in [3.63, 3.8) is 0 Å². The number of methoxy groups -OCH3 is 1. The molecule has 4 rings (SSSR count). The number of anilines is 1. The molecule has 0 fully saturated rings. The molecule has 0 saturated carbocycles. The van der Waals surface area contributed by atoms with E-state index in [1.165, 1.54) is 7.11 Å². The van der Waals surface area contributed by atoms with E-state index in [0.29, 0.717) is 35.8 Å². The summed E-state index contributed by atoms with van der Waals surface area (Å²) >= 11 is 0. The van der Waals surface area contributed by atoms with Gasteiger partial charge >= 0.3 is 5.97 Å². The van der Waals surface area contributed by atoms with Gasteiger partial charge in [0.05, 0.1) is 30.7 Å². The van der Waals surface area contributed by atoms with Gasteiger partial charge in [0.1, 0.15) is 24.7 Å². The number of carbonyl (C=O) groups excluding carboxylic acids is 1. The summed E-state index contributed by atoms with van der Waals surface area (Å²) in [7, 11) is -2.22. The maximum absolute atomic E-state index is 12.0. The molecule has 0 aliphatic rings. The van der Waals surface area contributed by atoms with E-state index in [1.54, 1.807) is 30.3 Å². The molecule has 0 saturated heterocycles. The van der Waals surface area contributed by atoms with Crippen LogP contribution in [0.4, 0.5) is 5.69 Å². The van der Waals surface area contributed by atoms with E-state index in [0.717, 1.165) is 22.9 Å². The zero-order valence-corrected chi connectivity index (χ0v) is 25.1. The minimum atomic E-state index is -3.57. The van der Waals surface area contributed by atoms with Gasteiger partial charge in [-0.05, 0) is 65.6 Å². The minimum Gasteiger partial charge on any atom is -0.492 e. The maximum Gasteiger partial charge on any atom is 0.337 e. The van der Waals surface area contributed by atoms with Crippen molar-refractivity contribution in [2.75, 3.05) is 31.2 Å². The van der Waals surface area contributed by atoms with Gasteiger partial charge in [-0.3, -0.25) is 4.72 Å². The fourth-order valence-corrected chi connectivity index (χ4v) is 4.95. The summed E-state index contributed by atoms with van der Waals surface area (Å²) < 4.78 is 43.0. The van der Waals surface area contributed by atoms with Gasteiger partial charge in [-0.1, -0.05) is 60.7 Å². The SMILES string of the molecule is COC(=O)c1ccc(-c2ccc(OCCN[C@@H](C)[C@H](O)c3ccc(OCc4ccccc4)c(NS(C)(=O)=O)c3)cc2)cc1. The number of ether oxygens (including phenoxy) is 3. The molecular formula is C33H36N2O7S. The normalized spacial score (nSPS) is 12.7. The van der Waals surface area contributed by atoms with E-state index in [-0.39, 0.29) is 24.3 Å². The summed E-state index contributed by atoms with van der Waals surface area (Å²) in [6, 6.07) is 29.0. The Morgan fingerprint density at radius 2 is 1.53 bits per heavy atom. The monoisotopic (exact) mass is 604 g/mol. The molecule has 10 heteroatoms. The van der Waals surface area contributed by atoms with Gasteiger partial charge in [-0.25, -0.2) is 13.2 Å². The number of sulfonamides is 1. The van der Waals surface area contributed by atoms with Crippen LogP contribution in [0.15, 0.2) is 97.1 Å². The lowest BCUT2D eigenvalue weighted by molar-refractivity contribution is 0.0600. The third-order valence-electron chi connectivity index (χ3n) is 6.68. The molecular weight excluding hydrogens is 568 g/mol. The number of nitrogens with one attached hydrogen (secondary N) is 2. The van der Waals surface area contributed by atoms with Crippen LogP contribution in [0, 0.1) is 0 Å². The highest BCUT2D eigenvalue weighted by Crippen LogP contribution is 2.31. The first kappa shape index (κ1) is 31.6. The summed E-state index contributed by atoms with van der Waals surface area (Å²) in [6.45, 7) is 2.96. The number of esters is 1. The molecule has 43 heavy (non-hydrogen) atoms. The fraction of sp³-hybridized carbons (Fsp3) is 0.242. The molecule has 2 atom stereocenters. The van der Waals surface area contributed by atoms with Crippen molar-refractivity contribution < 1.29 is 32.5 Å². The molecule has 0 amide bonds. The topological polar surface area (TPSA) is 123 Å². The number of carbonyl (C=O) groups is 1. The van der Waals surface area contributed by atoms with Crippen molar-refractivity contribution >= 4 is 21.7 Å².